The van der Waals surface area contributed by atoms with Gasteiger partial charge in [0, 0.05) is 25.6 Å². The third-order valence-electron chi connectivity index (χ3n) is 4.05. The predicted molar refractivity (Wildman–Crippen MR) is 82.4 cm³/mol. The minimum atomic E-state index is 0.265. The lowest BCUT2D eigenvalue weighted by Gasteiger charge is -2.27. The van der Waals surface area contributed by atoms with E-state index >= 15 is 0 Å². The maximum atomic E-state index is 12.7. The molecule has 1 aromatic carbocycles. The summed E-state index contributed by atoms with van der Waals surface area (Å²) in [5, 5.41) is 0. The lowest BCUT2D eigenvalue weighted by molar-refractivity contribution is -0.136. The SMILES string of the molecule is CN(C)CCN(Cc1ccccc1)C(=O)C1CCCC1. The van der Waals surface area contributed by atoms with Crippen LogP contribution in [0.15, 0.2) is 30.3 Å². The van der Waals surface area contributed by atoms with Crippen LogP contribution in [0.25, 0.3) is 0 Å². The first-order valence-corrected chi connectivity index (χ1v) is 7.64. The predicted octanol–water partition coefficient (Wildman–Crippen LogP) is 2.77. The Labute approximate surface area is 122 Å². The summed E-state index contributed by atoms with van der Waals surface area (Å²) < 4.78 is 0. The first-order chi connectivity index (χ1) is 9.66. The van der Waals surface area contributed by atoms with Crippen LogP contribution < -0.4 is 0 Å². The summed E-state index contributed by atoms with van der Waals surface area (Å²) >= 11 is 0. The molecule has 0 N–H and O–H groups in total. The van der Waals surface area contributed by atoms with Crippen molar-refractivity contribution in [3.8, 4) is 0 Å². The zero-order valence-electron chi connectivity index (χ0n) is 12.7. The molecule has 1 amide bonds. The van der Waals surface area contributed by atoms with Crippen molar-refractivity contribution >= 4 is 5.91 Å². The van der Waals surface area contributed by atoms with Gasteiger partial charge in [-0.25, -0.2) is 0 Å². The maximum Gasteiger partial charge on any atom is 0.226 e. The summed E-state index contributed by atoms with van der Waals surface area (Å²) in [5.41, 5.74) is 1.22. The van der Waals surface area contributed by atoms with Crippen LogP contribution in [0.4, 0.5) is 0 Å². The first-order valence-electron chi connectivity index (χ1n) is 7.64. The third-order valence-corrected chi connectivity index (χ3v) is 4.05. The summed E-state index contributed by atoms with van der Waals surface area (Å²) in [5.74, 6) is 0.620. The number of carbonyl (C=O) groups is 1. The molecular formula is C17H26N2O. The highest BCUT2D eigenvalue weighted by Gasteiger charge is 2.27. The minimum Gasteiger partial charge on any atom is -0.337 e. The number of hydrogen-bond acceptors (Lipinski definition) is 2. The van der Waals surface area contributed by atoms with Crippen LogP contribution in [-0.2, 0) is 11.3 Å². The molecule has 1 aliphatic carbocycles. The molecule has 0 spiro atoms. The molecular weight excluding hydrogens is 248 g/mol. The van der Waals surface area contributed by atoms with Gasteiger partial charge in [-0.15, -0.1) is 0 Å². The molecule has 1 saturated carbocycles. The summed E-state index contributed by atoms with van der Waals surface area (Å²) in [6.45, 7) is 2.48. The molecule has 0 aromatic heterocycles. The Hall–Kier alpha value is -1.35. The lowest BCUT2D eigenvalue weighted by Crippen LogP contribution is -2.39. The molecule has 0 atom stereocenters. The van der Waals surface area contributed by atoms with Crippen LogP contribution in [0.2, 0.25) is 0 Å². The molecule has 1 fully saturated rings. The molecule has 0 bridgehead atoms. The molecule has 3 nitrogen and oxygen atoms in total. The molecule has 0 unspecified atom stereocenters. The number of carbonyl (C=O) groups excluding carboxylic acids is 1. The quantitative estimate of drug-likeness (QED) is 0.796. The molecule has 3 heteroatoms. The summed E-state index contributed by atoms with van der Waals surface area (Å²) in [6, 6.07) is 10.3. The van der Waals surface area contributed by atoms with Gasteiger partial charge in [-0.2, -0.15) is 0 Å². The van der Waals surface area contributed by atoms with E-state index in [2.05, 4.69) is 31.1 Å². The topological polar surface area (TPSA) is 23.6 Å². The maximum absolute atomic E-state index is 12.7. The second-order valence-corrected chi connectivity index (χ2v) is 6.03. The zero-order chi connectivity index (χ0) is 14.4. The van der Waals surface area contributed by atoms with Crippen LogP contribution in [0.3, 0.4) is 0 Å². The first kappa shape index (κ1) is 15.0. The van der Waals surface area contributed by atoms with Gasteiger partial charge in [0.2, 0.25) is 5.91 Å². The summed E-state index contributed by atoms with van der Waals surface area (Å²) in [4.78, 5) is 16.9. The van der Waals surface area contributed by atoms with Crippen molar-refractivity contribution in [2.75, 3.05) is 27.2 Å². The van der Waals surface area contributed by atoms with E-state index in [0.29, 0.717) is 5.91 Å². The van der Waals surface area contributed by atoms with Gasteiger partial charge in [0.05, 0.1) is 0 Å². The largest absolute Gasteiger partial charge is 0.337 e. The van der Waals surface area contributed by atoms with Crippen LogP contribution in [0.5, 0.6) is 0 Å². The Morgan fingerprint density at radius 2 is 1.75 bits per heavy atom. The van der Waals surface area contributed by atoms with E-state index in [1.807, 2.05) is 23.1 Å². The molecule has 1 aliphatic rings. The van der Waals surface area contributed by atoms with Gasteiger partial charge in [0.15, 0.2) is 0 Å². The number of likely N-dealkylation sites (N-methyl/N-ethyl adjacent to an activating group) is 1. The van der Waals surface area contributed by atoms with E-state index < -0.39 is 0 Å². The summed E-state index contributed by atoms with van der Waals surface area (Å²) in [6.07, 6.45) is 4.57. The van der Waals surface area contributed by atoms with Gasteiger partial charge < -0.3 is 9.80 Å². The highest BCUT2D eigenvalue weighted by atomic mass is 16.2. The average molecular weight is 274 g/mol. The van der Waals surface area contributed by atoms with Gasteiger partial charge >= 0.3 is 0 Å². The highest BCUT2D eigenvalue weighted by molar-refractivity contribution is 5.79. The average Bonchev–Trinajstić information content (AvgIpc) is 2.97. The molecule has 0 aliphatic heterocycles. The zero-order valence-corrected chi connectivity index (χ0v) is 12.7. The fourth-order valence-corrected chi connectivity index (χ4v) is 2.82. The van der Waals surface area contributed by atoms with E-state index in [4.69, 9.17) is 0 Å². The number of nitrogens with zero attached hydrogens (tertiary/aromatic N) is 2. The van der Waals surface area contributed by atoms with Crippen molar-refractivity contribution in [2.24, 2.45) is 5.92 Å². The van der Waals surface area contributed by atoms with E-state index in [1.165, 1.54) is 18.4 Å². The van der Waals surface area contributed by atoms with Crippen molar-refractivity contribution in [1.82, 2.24) is 9.80 Å². The molecule has 1 aromatic rings. The van der Waals surface area contributed by atoms with Gasteiger partial charge in [-0.3, -0.25) is 4.79 Å². The van der Waals surface area contributed by atoms with Gasteiger partial charge in [-0.1, -0.05) is 43.2 Å². The Balaban J connectivity index is 2.01. The number of amides is 1. The van der Waals surface area contributed by atoms with Crippen LogP contribution in [0, 0.1) is 5.92 Å². The van der Waals surface area contributed by atoms with Crippen LogP contribution >= 0.6 is 0 Å². The van der Waals surface area contributed by atoms with Crippen molar-refractivity contribution in [3.05, 3.63) is 35.9 Å². The molecule has 2 rings (SSSR count). The van der Waals surface area contributed by atoms with E-state index in [-0.39, 0.29) is 5.92 Å². The van der Waals surface area contributed by atoms with Gasteiger partial charge in [-0.05, 0) is 32.5 Å². The van der Waals surface area contributed by atoms with Crippen molar-refractivity contribution < 1.29 is 4.79 Å². The minimum absolute atomic E-state index is 0.265. The van der Waals surface area contributed by atoms with E-state index in [9.17, 15) is 4.79 Å². The molecule has 110 valence electrons. The molecule has 0 heterocycles. The second kappa shape index (κ2) is 7.44. The standard InChI is InChI=1S/C17H26N2O/c1-18(2)12-13-19(14-15-8-4-3-5-9-15)17(20)16-10-6-7-11-16/h3-5,8-9,16H,6-7,10-14H2,1-2H3. The van der Waals surface area contributed by atoms with Crippen molar-refractivity contribution in [1.29, 1.82) is 0 Å². The number of benzene rings is 1. The van der Waals surface area contributed by atoms with Crippen LogP contribution in [-0.4, -0.2) is 42.9 Å². The Morgan fingerprint density at radius 1 is 1.10 bits per heavy atom. The molecule has 20 heavy (non-hydrogen) atoms. The number of rotatable bonds is 6. The monoisotopic (exact) mass is 274 g/mol. The molecule has 0 saturated heterocycles. The van der Waals surface area contributed by atoms with E-state index in [1.54, 1.807) is 0 Å². The van der Waals surface area contributed by atoms with Gasteiger partial charge in [0.1, 0.15) is 0 Å². The smallest absolute Gasteiger partial charge is 0.226 e. The number of hydrogen-bond donors (Lipinski definition) is 0. The van der Waals surface area contributed by atoms with Crippen molar-refractivity contribution in [2.45, 2.75) is 32.2 Å². The Bertz CT molecular complexity index is 410. The third kappa shape index (κ3) is 4.34. The Morgan fingerprint density at radius 3 is 2.35 bits per heavy atom. The van der Waals surface area contributed by atoms with E-state index in [0.717, 1.165) is 32.5 Å². The Kier molecular flexibility index (Phi) is 5.60. The summed E-state index contributed by atoms with van der Waals surface area (Å²) in [7, 11) is 4.11. The second-order valence-electron chi connectivity index (χ2n) is 6.03. The normalized spacial score (nSPS) is 15.8. The highest BCUT2D eigenvalue weighted by Crippen LogP contribution is 2.27. The van der Waals surface area contributed by atoms with Crippen LogP contribution in [0.1, 0.15) is 31.2 Å². The fraction of sp³-hybridized carbons (Fsp3) is 0.588. The van der Waals surface area contributed by atoms with Crippen molar-refractivity contribution in [3.63, 3.8) is 0 Å². The fourth-order valence-electron chi connectivity index (χ4n) is 2.82. The van der Waals surface area contributed by atoms with Gasteiger partial charge in [0.25, 0.3) is 0 Å². The molecule has 0 radical (unpaired) electrons. The lowest BCUT2D eigenvalue weighted by atomic mass is 10.1.